The molecule has 0 radical (unpaired) electrons. The van der Waals surface area contributed by atoms with E-state index in [1.54, 1.807) is 6.92 Å². The minimum atomic E-state index is -0.449. The summed E-state index contributed by atoms with van der Waals surface area (Å²) >= 11 is 0. The molecule has 0 bridgehead atoms. The molecular formula is C19H22N4O3. The van der Waals surface area contributed by atoms with Crippen LogP contribution >= 0.6 is 0 Å². The molecule has 1 aliphatic heterocycles. The van der Waals surface area contributed by atoms with Crippen molar-refractivity contribution in [1.82, 2.24) is 15.0 Å². The van der Waals surface area contributed by atoms with Crippen LogP contribution in [0, 0.1) is 6.92 Å². The molecule has 26 heavy (non-hydrogen) atoms. The fourth-order valence-corrected chi connectivity index (χ4v) is 3.44. The van der Waals surface area contributed by atoms with Gasteiger partial charge in [0, 0.05) is 19.0 Å². The van der Waals surface area contributed by atoms with Crippen LogP contribution in [0.3, 0.4) is 0 Å². The molecule has 1 N–H and O–H groups in total. The maximum atomic E-state index is 11.7. The van der Waals surface area contributed by atoms with Gasteiger partial charge in [-0.1, -0.05) is 12.1 Å². The summed E-state index contributed by atoms with van der Waals surface area (Å²) in [5.41, 5.74) is 3.55. The highest BCUT2D eigenvalue weighted by Gasteiger charge is 2.26. The van der Waals surface area contributed by atoms with E-state index >= 15 is 0 Å². The number of hydrogen-bond acceptors (Lipinski definition) is 6. The Hall–Kier alpha value is -2.83. The summed E-state index contributed by atoms with van der Waals surface area (Å²) < 4.78 is 10.4. The minimum absolute atomic E-state index is 0.219. The highest BCUT2D eigenvalue weighted by atomic mass is 16.5. The quantitative estimate of drug-likeness (QED) is 0.723. The van der Waals surface area contributed by atoms with Gasteiger partial charge in [-0.15, -0.1) is 0 Å². The van der Waals surface area contributed by atoms with Crippen molar-refractivity contribution in [2.45, 2.75) is 32.6 Å². The molecular weight excluding hydrogens is 332 g/mol. The number of imidazole rings is 1. The second-order valence-electron chi connectivity index (χ2n) is 6.59. The maximum absolute atomic E-state index is 11.7. The van der Waals surface area contributed by atoms with Gasteiger partial charge in [0.25, 0.3) is 6.01 Å². The molecule has 1 saturated heterocycles. The number of aromatic amines is 1. The Morgan fingerprint density at radius 2 is 2.15 bits per heavy atom. The lowest BCUT2D eigenvalue weighted by Crippen LogP contribution is -2.33. The number of oxazole rings is 1. The summed E-state index contributed by atoms with van der Waals surface area (Å²) in [7, 11) is 0. The number of aromatic nitrogens is 3. The SMILES string of the molecule is CCOC(=O)c1coc(N2CCC(c3nc4c(C)cccc4[nH]3)CC2)n1. The first kappa shape index (κ1) is 16.6. The molecule has 1 fully saturated rings. The summed E-state index contributed by atoms with van der Waals surface area (Å²) in [4.78, 5) is 26.3. The second kappa shape index (κ2) is 6.82. The molecule has 0 saturated carbocycles. The number of nitrogens with zero attached hydrogens (tertiary/aromatic N) is 3. The zero-order valence-electron chi connectivity index (χ0n) is 15.0. The van der Waals surface area contributed by atoms with Gasteiger partial charge in [0.2, 0.25) is 0 Å². The molecule has 7 heteroatoms. The molecule has 0 aliphatic carbocycles. The third kappa shape index (κ3) is 3.05. The zero-order valence-corrected chi connectivity index (χ0v) is 15.0. The van der Waals surface area contributed by atoms with Gasteiger partial charge >= 0.3 is 5.97 Å². The van der Waals surface area contributed by atoms with Gasteiger partial charge in [0.15, 0.2) is 5.69 Å². The zero-order chi connectivity index (χ0) is 18.1. The summed E-state index contributed by atoms with van der Waals surface area (Å²) in [5.74, 6) is 0.987. The second-order valence-corrected chi connectivity index (χ2v) is 6.59. The number of carbonyl (C=O) groups is 1. The van der Waals surface area contributed by atoms with Gasteiger partial charge < -0.3 is 19.0 Å². The van der Waals surface area contributed by atoms with Crippen molar-refractivity contribution in [2.24, 2.45) is 0 Å². The van der Waals surface area contributed by atoms with Gasteiger partial charge in [0.1, 0.15) is 12.1 Å². The number of ether oxygens (including phenoxy) is 1. The van der Waals surface area contributed by atoms with E-state index < -0.39 is 5.97 Å². The van der Waals surface area contributed by atoms with E-state index in [2.05, 4.69) is 33.9 Å². The third-order valence-electron chi connectivity index (χ3n) is 4.86. The number of nitrogens with one attached hydrogen (secondary N) is 1. The molecule has 3 aromatic rings. The molecule has 4 rings (SSSR count). The van der Waals surface area contributed by atoms with E-state index in [0.717, 1.165) is 42.8 Å². The Bertz CT molecular complexity index is 922. The van der Waals surface area contributed by atoms with E-state index in [-0.39, 0.29) is 5.69 Å². The van der Waals surface area contributed by atoms with Crippen LogP contribution in [0.25, 0.3) is 11.0 Å². The average Bonchev–Trinajstić information content (AvgIpc) is 3.30. The number of fused-ring (bicyclic) bond motifs is 1. The van der Waals surface area contributed by atoms with Crippen molar-refractivity contribution in [3.8, 4) is 0 Å². The lowest BCUT2D eigenvalue weighted by atomic mass is 9.96. The highest BCUT2D eigenvalue weighted by molar-refractivity contribution is 5.87. The number of H-pyrrole nitrogens is 1. The Kier molecular flexibility index (Phi) is 4.36. The molecule has 0 atom stereocenters. The monoisotopic (exact) mass is 354 g/mol. The first-order valence-corrected chi connectivity index (χ1v) is 8.98. The van der Waals surface area contributed by atoms with Crippen molar-refractivity contribution >= 4 is 23.0 Å². The van der Waals surface area contributed by atoms with Crippen LogP contribution in [0.4, 0.5) is 6.01 Å². The van der Waals surface area contributed by atoms with E-state index in [9.17, 15) is 4.79 Å². The predicted molar refractivity (Wildman–Crippen MR) is 97.5 cm³/mol. The van der Waals surface area contributed by atoms with E-state index in [1.165, 1.54) is 11.8 Å². The predicted octanol–water partition coefficient (Wildman–Crippen LogP) is 3.42. The van der Waals surface area contributed by atoms with Crippen molar-refractivity contribution < 1.29 is 13.9 Å². The van der Waals surface area contributed by atoms with Crippen LogP contribution in [0.5, 0.6) is 0 Å². The number of para-hydroxylation sites is 1. The maximum Gasteiger partial charge on any atom is 0.360 e. The number of hydrogen-bond donors (Lipinski definition) is 1. The van der Waals surface area contributed by atoms with Crippen LogP contribution in [-0.4, -0.2) is 40.6 Å². The van der Waals surface area contributed by atoms with Gasteiger partial charge in [-0.2, -0.15) is 4.98 Å². The molecule has 3 heterocycles. The number of aryl methyl sites for hydroxylation is 1. The van der Waals surface area contributed by atoms with E-state index in [4.69, 9.17) is 14.1 Å². The van der Waals surface area contributed by atoms with Crippen LogP contribution in [0.15, 0.2) is 28.9 Å². The standard InChI is InChI=1S/C19H22N4O3/c1-3-25-18(24)15-11-26-19(21-15)23-9-7-13(8-10-23)17-20-14-6-4-5-12(2)16(14)22-17/h4-6,11,13H,3,7-10H2,1-2H3,(H,20,22). The largest absolute Gasteiger partial charge is 0.461 e. The summed E-state index contributed by atoms with van der Waals surface area (Å²) in [5, 5.41) is 0. The van der Waals surface area contributed by atoms with Gasteiger partial charge in [-0.05, 0) is 38.3 Å². The topological polar surface area (TPSA) is 84.2 Å². The third-order valence-corrected chi connectivity index (χ3v) is 4.86. The molecule has 2 aromatic heterocycles. The Morgan fingerprint density at radius 3 is 2.88 bits per heavy atom. The Labute approximate surface area is 151 Å². The molecule has 0 unspecified atom stereocenters. The molecule has 1 aromatic carbocycles. The van der Waals surface area contributed by atoms with Crippen molar-refractivity contribution in [2.75, 3.05) is 24.6 Å². The molecule has 0 amide bonds. The smallest absolute Gasteiger partial charge is 0.360 e. The number of carbonyl (C=O) groups excluding carboxylic acids is 1. The number of piperidine rings is 1. The number of esters is 1. The van der Waals surface area contributed by atoms with Crippen LogP contribution in [-0.2, 0) is 4.74 Å². The fraction of sp³-hybridized carbons (Fsp3) is 0.421. The first-order valence-electron chi connectivity index (χ1n) is 8.98. The summed E-state index contributed by atoms with van der Waals surface area (Å²) in [6, 6.07) is 6.68. The summed E-state index contributed by atoms with van der Waals surface area (Å²) in [6.07, 6.45) is 3.27. The number of benzene rings is 1. The van der Waals surface area contributed by atoms with Gasteiger partial charge in [0.05, 0.1) is 17.6 Å². The molecule has 136 valence electrons. The lowest BCUT2D eigenvalue weighted by molar-refractivity contribution is 0.0519. The molecule has 7 nitrogen and oxygen atoms in total. The number of rotatable bonds is 4. The average molecular weight is 354 g/mol. The summed E-state index contributed by atoms with van der Waals surface area (Å²) in [6.45, 7) is 5.79. The van der Waals surface area contributed by atoms with E-state index in [0.29, 0.717) is 18.5 Å². The van der Waals surface area contributed by atoms with Crippen LogP contribution < -0.4 is 4.90 Å². The molecule has 0 spiro atoms. The van der Waals surface area contributed by atoms with E-state index in [1.807, 2.05) is 6.07 Å². The van der Waals surface area contributed by atoms with Crippen molar-refractivity contribution in [3.63, 3.8) is 0 Å². The fourth-order valence-electron chi connectivity index (χ4n) is 3.44. The normalized spacial score (nSPS) is 15.5. The Balaban J connectivity index is 1.43. The van der Waals surface area contributed by atoms with Crippen molar-refractivity contribution in [3.05, 3.63) is 41.5 Å². The first-order chi connectivity index (χ1) is 12.7. The Morgan fingerprint density at radius 1 is 1.35 bits per heavy atom. The van der Waals surface area contributed by atoms with Gasteiger partial charge in [-0.25, -0.2) is 9.78 Å². The van der Waals surface area contributed by atoms with Crippen molar-refractivity contribution in [1.29, 1.82) is 0 Å². The lowest BCUT2D eigenvalue weighted by Gasteiger charge is -2.29. The van der Waals surface area contributed by atoms with Crippen LogP contribution in [0.2, 0.25) is 0 Å². The number of anilines is 1. The molecule has 1 aliphatic rings. The van der Waals surface area contributed by atoms with Gasteiger partial charge in [-0.3, -0.25) is 0 Å². The van der Waals surface area contributed by atoms with Crippen LogP contribution in [0.1, 0.15) is 47.6 Å². The highest BCUT2D eigenvalue weighted by Crippen LogP contribution is 2.30. The minimum Gasteiger partial charge on any atom is -0.461 e.